The summed E-state index contributed by atoms with van der Waals surface area (Å²) in [6.45, 7) is 2.58. The molecule has 2 aromatic carbocycles. The molecule has 0 fully saturated rings. The van der Waals surface area contributed by atoms with E-state index in [1.54, 1.807) is 0 Å². The molecule has 3 nitrogen and oxygen atoms in total. The molecule has 2 aromatic heterocycles. The summed E-state index contributed by atoms with van der Waals surface area (Å²) in [5.74, 6) is 0.920. The Kier molecular flexibility index (Phi) is 5.24. The van der Waals surface area contributed by atoms with Crippen LogP contribution in [0.25, 0.3) is 5.52 Å². The summed E-state index contributed by atoms with van der Waals surface area (Å²) >= 11 is 0. The number of aromatic nitrogens is 1. The first-order valence-corrected chi connectivity index (χ1v) is 9.63. The summed E-state index contributed by atoms with van der Waals surface area (Å²) in [5.41, 5.74) is 4.89. The number of hydrogen-bond acceptors (Lipinski definition) is 2. The zero-order valence-electron chi connectivity index (χ0n) is 16.0. The van der Waals surface area contributed by atoms with E-state index in [4.69, 9.17) is 4.74 Å². The highest BCUT2D eigenvalue weighted by Gasteiger charge is 2.18. The van der Waals surface area contributed by atoms with Crippen LogP contribution >= 0.6 is 0 Å². The monoisotopic (exact) mass is 369 g/mol. The first-order valence-electron chi connectivity index (χ1n) is 9.63. The molecule has 0 amide bonds. The maximum atomic E-state index is 13.1. The van der Waals surface area contributed by atoms with Crippen molar-refractivity contribution in [2.75, 3.05) is 0 Å². The number of hydrogen-bond donors (Lipinski definition) is 0. The van der Waals surface area contributed by atoms with Crippen molar-refractivity contribution in [1.82, 2.24) is 4.40 Å². The quantitative estimate of drug-likeness (QED) is 0.402. The van der Waals surface area contributed by atoms with Crippen molar-refractivity contribution in [2.45, 2.75) is 26.4 Å². The average Bonchev–Trinajstić information content (AvgIpc) is 3.13. The molecule has 28 heavy (non-hydrogen) atoms. The van der Waals surface area contributed by atoms with Gasteiger partial charge in [-0.25, -0.2) is 0 Å². The molecule has 0 saturated heterocycles. The van der Waals surface area contributed by atoms with E-state index in [-0.39, 0.29) is 5.78 Å². The lowest BCUT2D eigenvalue weighted by Gasteiger charge is -2.10. The van der Waals surface area contributed by atoms with Crippen molar-refractivity contribution in [1.29, 1.82) is 0 Å². The van der Waals surface area contributed by atoms with Gasteiger partial charge in [0.2, 0.25) is 0 Å². The van der Waals surface area contributed by atoms with Crippen molar-refractivity contribution in [3.8, 4) is 5.75 Å². The number of nitrogens with zero attached hydrogens (tertiary/aromatic N) is 1. The molecule has 2 heterocycles. The van der Waals surface area contributed by atoms with Crippen LogP contribution in [0.4, 0.5) is 0 Å². The maximum absolute atomic E-state index is 13.1. The normalized spacial score (nSPS) is 10.9. The third-order valence-corrected chi connectivity index (χ3v) is 4.94. The van der Waals surface area contributed by atoms with E-state index < -0.39 is 0 Å². The van der Waals surface area contributed by atoms with Gasteiger partial charge in [0.05, 0.1) is 11.2 Å². The SMILES string of the molecule is CCc1cc2c(OCc3ccccc3)cccn2c1C(=O)Cc1ccccc1. The van der Waals surface area contributed by atoms with Gasteiger partial charge < -0.3 is 9.14 Å². The summed E-state index contributed by atoms with van der Waals surface area (Å²) in [6, 6.07) is 26.0. The predicted molar refractivity (Wildman–Crippen MR) is 112 cm³/mol. The van der Waals surface area contributed by atoms with Gasteiger partial charge in [-0.2, -0.15) is 0 Å². The molecule has 0 bridgehead atoms. The van der Waals surface area contributed by atoms with E-state index in [0.717, 1.165) is 40.1 Å². The molecule has 0 N–H and O–H groups in total. The van der Waals surface area contributed by atoms with Crippen molar-refractivity contribution in [3.63, 3.8) is 0 Å². The van der Waals surface area contributed by atoms with Gasteiger partial charge >= 0.3 is 0 Å². The van der Waals surface area contributed by atoms with Gasteiger partial charge in [-0.05, 0) is 41.3 Å². The fourth-order valence-corrected chi connectivity index (χ4v) is 3.53. The molecule has 0 saturated carbocycles. The summed E-state index contributed by atoms with van der Waals surface area (Å²) < 4.78 is 8.06. The van der Waals surface area contributed by atoms with Gasteiger partial charge in [-0.15, -0.1) is 0 Å². The highest BCUT2D eigenvalue weighted by molar-refractivity contribution is 5.99. The summed E-state index contributed by atoms with van der Waals surface area (Å²) in [5, 5.41) is 0. The minimum Gasteiger partial charge on any atom is -0.487 e. The van der Waals surface area contributed by atoms with Crippen LogP contribution in [0.15, 0.2) is 85.1 Å². The summed E-state index contributed by atoms with van der Waals surface area (Å²) in [6.07, 6.45) is 3.15. The number of ketones is 1. The highest BCUT2D eigenvalue weighted by Crippen LogP contribution is 2.27. The van der Waals surface area contributed by atoms with E-state index in [1.807, 2.05) is 83.4 Å². The van der Waals surface area contributed by atoms with Gasteiger partial charge in [0, 0.05) is 12.6 Å². The number of fused-ring (bicyclic) bond motifs is 1. The molecular weight excluding hydrogens is 346 g/mol. The van der Waals surface area contributed by atoms with Gasteiger partial charge in [0.15, 0.2) is 5.78 Å². The second kappa shape index (κ2) is 8.13. The van der Waals surface area contributed by atoms with Crippen LogP contribution < -0.4 is 4.74 Å². The molecule has 0 atom stereocenters. The molecule has 0 aliphatic rings. The van der Waals surface area contributed by atoms with Crippen molar-refractivity contribution < 1.29 is 9.53 Å². The predicted octanol–water partition coefficient (Wildman–Crippen LogP) is 5.51. The number of rotatable bonds is 7. The minimum absolute atomic E-state index is 0.128. The maximum Gasteiger partial charge on any atom is 0.184 e. The topological polar surface area (TPSA) is 30.7 Å². The average molecular weight is 369 g/mol. The van der Waals surface area contributed by atoms with E-state index >= 15 is 0 Å². The van der Waals surface area contributed by atoms with Crippen molar-refractivity contribution in [2.24, 2.45) is 0 Å². The third-order valence-electron chi connectivity index (χ3n) is 4.94. The number of carbonyl (C=O) groups is 1. The Morgan fingerprint density at radius 1 is 0.893 bits per heavy atom. The van der Waals surface area contributed by atoms with Gasteiger partial charge in [-0.3, -0.25) is 4.79 Å². The molecule has 0 radical (unpaired) electrons. The first kappa shape index (κ1) is 18.1. The van der Waals surface area contributed by atoms with E-state index in [2.05, 4.69) is 13.0 Å². The fourth-order valence-electron chi connectivity index (χ4n) is 3.53. The Bertz CT molecular complexity index is 1080. The number of pyridine rings is 1. The Balaban J connectivity index is 1.66. The number of ether oxygens (including phenoxy) is 1. The minimum atomic E-state index is 0.128. The van der Waals surface area contributed by atoms with Crippen LogP contribution in [-0.2, 0) is 19.4 Å². The van der Waals surface area contributed by atoms with Crippen LogP contribution in [-0.4, -0.2) is 10.2 Å². The largest absolute Gasteiger partial charge is 0.487 e. The number of carbonyl (C=O) groups excluding carboxylic acids is 1. The lowest BCUT2D eigenvalue weighted by atomic mass is 10.0. The van der Waals surface area contributed by atoms with Crippen LogP contribution in [0, 0.1) is 0 Å². The van der Waals surface area contributed by atoms with Gasteiger partial charge in [0.25, 0.3) is 0 Å². The molecule has 3 heteroatoms. The fraction of sp³-hybridized carbons (Fsp3) is 0.160. The third kappa shape index (κ3) is 3.70. The molecule has 0 aliphatic heterocycles. The second-order valence-electron chi connectivity index (χ2n) is 6.86. The molecule has 0 unspecified atom stereocenters. The molecule has 4 rings (SSSR count). The van der Waals surface area contributed by atoms with Gasteiger partial charge in [0.1, 0.15) is 12.4 Å². The first-order chi connectivity index (χ1) is 13.8. The molecule has 0 spiro atoms. The second-order valence-corrected chi connectivity index (χ2v) is 6.86. The summed E-state index contributed by atoms with van der Waals surface area (Å²) in [7, 11) is 0. The lowest BCUT2D eigenvalue weighted by Crippen LogP contribution is -2.09. The van der Waals surface area contributed by atoms with Crippen molar-refractivity contribution >= 4 is 11.3 Å². The van der Waals surface area contributed by atoms with E-state index in [9.17, 15) is 4.79 Å². The zero-order valence-corrected chi connectivity index (χ0v) is 16.0. The van der Waals surface area contributed by atoms with E-state index in [0.29, 0.717) is 13.0 Å². The number of benzene rings is 2. The zero-order chi connectivity index (χ0) is 19.3. The Morgan fingerprint density at radius 3 is 2.25 bits per heavy atom. The standard InChI is InChI=1S/C25H23NO2/c1-2-21-17-22-24(28-18-20-12-7-4-8-13-20)14-9-15-26(22)25(21)23(27)16-19-10-5-3-6-11-19/h3-15,17H,2,16,18H2,1H3. The highest BCUT2D eigenvalue weighted by atomic mass is 16.5. The van der Waals surface area contributed by atoms with E-state index in [1.165, 1.54) is 0 Å². The molecule has 140 valence electrons. The van der Waals surface area contributed by atoms with Crippen LogP contribution in [0.1, 0.15) is 34.1 Å². The summed E-state index contributed by atoms with van der Waals surface area (Å²) in [4.78, 5) is 13.1. The Morgan fingerprint density at radius 2 is 1.57 bits per heavy atom. The lowest BCUT2D eigenvalue weighted by molar-refractivity contribution is 0.0986. The Hall–Kier alpha value is -3.33. The smallest absolute Gasteiger partial charge is 0.184 e. The Labute approximate surface area is 165 Å². The number of aryl methyl sites for hydroxylation is 1. The van der Waals surface area contributed by atoms with Crippen LogP contribution in [0.2, 0.25) is 0 Å². The van der Waals surface area contributed by atoms with Gasteiger partial charge in [-0.1, -0.05) is 67.6 Å². The van der Waals surface area contributed by atoms with Crippen LogP contribution in [0.5, 0.6) is 5.75 Å². The number of Topliss-reactive ketones (excluding diaryl/α,β-unsaturated/α-hetero) is 1. The molecule has 0 aliphatic carbocycles. The molecule has 4 aromatic rings. The van der Waals surface area contributed by atoms with Crippen LogP contribution in [0.3, 0.4) is 0 Å². The van der Waals surface area contributed by atoms with Crippen molar-refractivity contribution in [3.05, 3.63) is 107 Å². The molecular formula is C25H23NO2.